The lowest BCUT2D eigenvalue weighted by atomic mass is 9.97. The Labute approximate surface area is 96.6 Å². The molecule has 1 aromatic heterocycles. The average molecular weight is 270 g/mol. The smallest absolute Gasteiger partial charge is 0.0550 e. The van der Waals surface area contributed by atoms with Crippen molar-refractivity contribution in [3.8, 4) is 0 Å². The van der Waals surface area contributed by atoms with Crippen LogP contribution in [0.25, 0.3) is 0 Å². The van der Waals surface area contributed by atoms with Crippen LogP contribution in [0.2, 0.25) is 0 Å². The Kier molecular flexibility index (Phi) is 2.13. The molecule has 1 saturated carbocycles. The van der Waals surface area contributed by atoms with E-state index in [2.05, 4.69) is 20.9 Å². The van der Waals surface area contributed by atoms with E-state index >= 15 is 0 Å². The molecule has 0 radical (unpaired) electrons. The molecule has 2 heterocycles. The number of aliphatic hydroxyl groups is 1. The second kappa shape index (κ2) is 3.27. The molecular formula is C11H12BrNO2. The SMILES string of the molecule is OCC1(c2ccc(Br)cn2)C2COCC21. The normalized spacial score (nSPS) is 37.7. The van der Waals surface area contributed by atoms with Gasteiger partial charge in [-0.05, 0) is 28.1 Å². The van der Waals surface area contributed by atoms with Crippen LogP contribution in [-0.4, -0.2) is 29.9 Å². The van der Waals surface area contributed by atoms with E-state index < -0.39 is 0 Å². The minimum absolute atomic E-state index is 0.112. The third-order valence-corrected chi connectivity index (χ3v) is 4.23. The van der Waals surface area contributed by atoms with E-state index in [1.165, 1.54) is 0 Å². The van der Waals surface area contributed by atoms with E-state index in [9.17, 15) is 5.11 Å². The van der Waals surface area contributed by atoms with Crippen molar-refractivity contribution in [2.24, 2.45) is 11.8 Å². The second-order valence-electron chi connectivity index (χ2n) is 4.31. The van der Waals surface area contributed by atoms with Crippen LogP contribution in [0.1, 0.15) is 5.69 Å². The maximum atomic E-state index is 9.58. The highest BCUT2D eigenvalue weighted by molar-refractivity contribution is 9.10. The lowest BCUT2D eigenvalue weighted by Gasteiger charge is -2.17. The Hall–Kier alpha value is -0.450. The van der Waals surface area contributed by atoms with E-state index in [4.69, 9.17) is 4.74 Å². The molecule has 1 N–H and O–H groups in total. The van der Waals surface area contributed by atoms with Crippen molar-refractivity contribution in [3.05, 3.63) is 28.5 Å². The molecular weight excluding hydrogens is 258 g/mol. The van der Waals surface area contributed by atoms with Gasteiger partial charge in [-0.15, -0.1) is 0 Å². The van der Waals surface area contributed by atoms with Crippen molar-refractivity contribution >= 4 is 15.9 Å². The third-order valence-electron chi connectivity index (χ3n) is 3.76. The largest absolute Gasteiger partial charge is 0.395 e. The number of halogens is 1. The summed E-state index contributed by atoms with van der Waals surface area (Å²) in [6.45, 7) is 1.71. The topological polar surface area (TPSA) is 42.4 Å². The molecule has 1 aliphatic carbocycles. The molecule has 4 heteroatoms. The predicted molar refractivity (Wildman–Crippen MR) is 58.5 cm³/mol. The lowest BCUT2D eigenvalue weighted by Crippen LogP contribution is -2.23. The molecule has 2 atom stereocenters. The predicted octanol–water partition coefficient (Wildman–Crippen LogP) is 1.35. The highest BCUT2D eigenvalue weighted by Gasteiger charge is 2.68. The van der Waals surface area contributed by atoms with Gasteiger partial charge in [0, 0.05) is 33.6 Å². The molecule has 3 nitrogen and oxygen atoms in total. The summed E-state index contributed by atoms with van der Waals surface area (Å²) in [6, 6.07) is 3.98. The van der Waals surface area contributed by atoms with Gasteiger partial charge >= 0.3 is 0 Å². The van der Waals surface area contributed by atoms with Gasteiger partial charge < -0.3 is 9.84 Å². The number of nitrogens with zero attached hydrogens (tertiary/aromatic N) is 1. The number of aromatic nitrogens is 1. The summed E-state index contributed by atoms with van der Waals surface area (Å²) in [5.74, 6) is 0.937. The Morgan fingerprint density at radius 3 is 2.73 bits per heavy atom. The molecule has 2 fully saturated rings. The van der Waals surface area contributed by atoms with Crippen molar-refractivity contribution in [2.75, 3.05) is 19.8 Å². The number of hydrogen-bond acceptors (Lipinski definition) is 3. The van der Waals surface area contributed by atoms with E-state index in [0.717, 1.165) is 23.4 Å². The monoisotopic (exact) mass is 269 g/mol. The van der Waals surface area contributed by atoms with Crippen molar-refractivity contribution in [1.82, 2.24) is 4.98 Å². The molecule has 15 heavy (non-hydrogen) atoms. The molecule has 1 saturated heterocycles. The first kappa shape index (κ1) is 9.75. The van der Waals surface area contributed by atoms with E-state index in [1.807, 2.05) is 12.1 Å². The molecule has 0 amide bonds. The van der Waals surface area contributed by atoms with Crippen molar-refractivity contribution in [1.29, 1.82) is 0 Å². The van der Waals surface area contributed by atoms with E-state index in [-0.39, 0.29) is 12.0 Å². The van der Waals surface area contributed by atoms with E-state index in [0.29, 0.717) is 11.8 Å². The van der Waals surface area contributed by atoms with E-state index in [1.54, 1.807) is 6.20 Å². The number of pyridine rings is 1. The fraction of sp³-hybridized carbons (Fsp3) is 0.545. The highest BCUT2D eigenvalue weighted by atomic mass is 79.9. The number of ether oxygens (including phenoxy) is 1. The molecule has 1 aromatic rings. The summed E-state index contributed by atoms with van der Waals surface area (Å²) in [6.07, 6.45) is 1.79. The lowest BCUT2D eigenvalue weighted by molar-refractivity contribution is 0.118. The first-order valence-corrected chi connectivity index (χ1v) is 5.89. The first-order valence-electron chi connectivity index (χ1n) is 5.09. The van der Waals surface area contributed by atoms with Crippen LogP contribution in [-0.2, 0) is 10.2 Å². The maximum absolute atomic E-state index is 9.58. The first-order chi connectivity index (χ1) is 7.29. The Balaban J connectivity index is 1.95. The van der Waals surface area contributed by atoms with Gasteiger partial charge in [-0.3, -0.25) is 4.98 Å². The van der Waals surface area contributed by atoms with Gasteiger partial charge in [-0.1, -0.05) is 0 Å². The molecule has 80 valence electrons. The zero-order valence-corrected chi connectivity index (χ0v) is 9.77. The van der Waals surface area contributed by atoms with Crippen molar-refractivity contribution < 1.29 is 9.84 Å². The van der Waals surface area contributed by atoms with Gasteiger partial charge in [-0.2, -0.15) is 0 Å². The molecule has 1 aliphatic heterocycles. The summed E-state index contributed by atoms with van der Waals surface area (Å²) in [5.41, 5.74) is 0.894. The van der Waals surface area contributed by atoms with Gasteiger partial charge in [0.05, 0.1) is 19.8 Å². The van der Waals surface area contributed by atoms with Crippen LogP contribution < -0.4 is 0 Å². The number of hydrogen-bond donors (Lipinski definition) is 1. The van der Waals surface area contributed by atoms with Gasteiger partial charge in [0.1, 0.15) is 0 Å². The molecule has 2 unspecified atom stereocenters. The van der Waals surface area contributed by atoms with Crippen LogP contribution in [0, 0.1) is 11.8 Å². The summed E-state index contributed by atoms with van der Waals surface area (Å²) < 4.78 is 6.33. The molecule has 3 rings (SSSR count). The zero-order chi connectivity index (χ0) is 10.5. The van der Waals surface area contributed by atoms with Crippen LogP contribution in [0.15, 0.2) is 22.8 Å². The maximum Gasteiger partial charge on any atom is 0.0550 e. The summed E-state index contributed by atoms with van der Waals surface area (Å²) in [7, 11) is 0. The molecule has 2 aliphatic rings. The van der Waals surface area contributed by atoms with Crippen LogP contribution >= 0.6 is 15.9 Å². The van der Waals surface area contributed by atoms with Gasteiger partial charge in [0.25, 0.3) is 0 Å². The number of fused-ring (bicyclic) bond motifs is 1. The number of rotatable bonds is 2. The standard InChI is InChI=1S/C11H12BrNO2/c12-7-1-2-10(13-3-7)11(6-14)8-4-15-5-9(8)11/h1-3,8-9,14H,4-6H2. The molecule has 0 bridgehead atoms. The van der Waals surface area contributed by atoms with Crippen LogP contribution in [0.4, 0.5) is 0 Å². The minimum Gasteiger partial charge on any atom is -0.395 e. The fourth-order valence-electron chi connectivity index (χ4n) is 2.80. The van der Waals surface area contributed by atoms with Gasteiger partial charge in [0.2, 0.25) is 0 Å². The Bertz CT molecular complexity index is 369. The molecule has 0 spiro atoms. The summed E-state index contributed by atoms with van der Waals surface area (Å²) in [4.78, 5) is 4.40. The average Bonchev–Trinajstić information content (AvgIpc) is 2.65. The van der Waals surface area contributed by atoms with Crippen LogP contribution in [0.3, 0.4) is 0 Å². The Morgan fingerprint density at radius 2 is 2.20 bits per heavy atom. The van der Waals surface area contributed by atoms with Crippen molar-refractivity contribution in [2.45, 2.75) is 5.41 Å². The Morgan fingerprint density at radius 1 is 1.47 bits per heavy atom. The van der Waals surface area contributed by atoms with Crippen LogP contribution in [0.5, 0.6) is 0 Å². The fourth-order valence-corrected chi connectivity index (χ4v) is 3.04. The summed E-state index contributed by atoms with van der Waals surface area (Å²) in [5, 5.41) is 9.58. The highest BCUT2D eigenvalue weighted by Crippen LogP contribution is 2.62. The minimum atomic E-state index is -0.112. The zero-order valence-electron chi connectivity index (χ0n) is 8.19. The van der Waals surface area contributed by atoms with Gasteiger partial charge in [-0.25, -0.2) is 0 Å². The van der Waals surface area contributed by atoms with Gasteiger partial charge in [0.15, 0.2) is 0 Å². The molecule has 0 aromatic carbocycles. The second-order valence-corrected chi connectivity index (χ2v) is 5.23. The number of aliphatic hydroxyl groups excluding tert-OH is 1. The quantitative estimate of drug-likeness (QED) is 0.882. The van der Waals surface area contributed by atoms with Crippen molar-refractivity contribution in [3.63, 3.8) is 0 Å². The summed E-state index contributed by atoms with van der Waals surface area (Å²) >= 11 is 3.37. The third kappa shape index (κ3) is 1.22.